The highest BCUT2D eigenvalue weighted by atomic mass is 16.5. The minimum absolute atomic E-state index is 0.347. The van der Waals surface area contributed by atoms with Gasteiger partial charge in [-0.1, -0.05) is 13.3 Å². The van der Waals surface area contributed by atoms with Crippen LogP contribution in [0.5, 0.6) is 0 Å². The molecule has 2 aliphatic heterocycles. The summed E-state index contributed by atoms with van der Waals surface area (Å²) in [5.41, 5.74) is 6.37. The van der Waals surface area contributed by atoms with Gasteiger partial charge in [-0.2, -0.15) is 0 Å². The molecule has 2 aliphatic rings. The summed E-state index contributed by atoms with van der Waals surface area (Å²) in [6, 6.07) is 0. The van der Waals surface area contributed by atoms with Crippen molar-refractivity contribution in [3.05, 3.63) is 0 Å². The molecular formula is C14H28N2O. The van der Waals surface area contributed by atoms with E-state index in [2.05, 4.69) is 11.8 Å². The molecule has 100 valence electrons. The number of hydrogen-bond acceptors (Lipinski definition) is 3. The Morgan fingerprint density at radius 2 is 2.12 bits per heavy atom. The van der Waals surface area contributed by atoms with E-state index in [1.807, 2.05) is 0 Å². The average molecular weight is 240 g/mol. The van der Waals surface area contributed by atoms with Crippen LogP contribution < -0.4 is 5.73 Å². The Balaban J connectivity index is 1.83. The maximum absolute atomic E-state index is 6.03. The average Bonchev–Trinajstić information content (AvgIpc) is 2.78. The summed E-state index contributed by atoms with van der Waals surface area (Å²) in [4.78, 5) is 2.65. The van der Waals surface area contributed by atoms with Crippen molar-refractivity contribution in [2.45, 2.75) is 39.0 Å². The number of nitrogens with zero attached hydrogens (tertiary/aromatic N) is 1. The first kappa shape index (κ1) is 13.3. The summed E-state index contributed by atoms with van der Waals surface area (Å²) in [6.07, 6.45) is 6.42. The zero-order chi connectivity index (χ0) is 12.1. The second-order valence-corrected chi connectivity index (χ2v) is 5.99. The Morgan fingerprint density at radius 3 is 2.76 bits per heavy atom. The van der Waals surface area contributed by atoms with Gasteiger partial charge in [0.2, 0.25) is 0 Å². The van der Waals surface area contributed by atoms with Gasteiger partial charge in [-0.15, -0.1) is 0 Å². The predicted molar refractivity (Wildman–Crippen MR) is 71.0 cm³/mol. The van der Waals surface area contributed by atoms with Crippen molar-refractivity contribution in [2.24, 2.45) is 17.1 Å². The third-order valence-electron chi connectivity index (χ3n) is 4.61. The van der Waals surface area contributed by atoms with Crippen molar-refractivity contribution in [3.8, 4) is 0 Å². The Kier molecular flexibility index (Phi) is 4.83. The number of rotatable bonds is 5. The summed E-state index contributed by atoms with van der Waals surface area (Å²) in [5.74, 6) is 0.940. The lowest BCUT2D eigenvalue weighted by Gasteiger charge is -2.39. The Hall–Kier alpha value is -0.120. The summed E-state index contributed by atoms with van der Waals surface area (Å²) in [7, 11) is 0. The molecule has 17 heavy (non-hydrogen) atoms. The van der Waals surface area contributed by atoms with E-state index < -0.39 is 0 Å². The quantitative estimate of drug-likeness (QED) is 0.797. The van der Waals surface area contributed by atoms with Crippen LogP contribution in [0.4, 0.5) is 0 Å². The molecule has 0 bridgehead atoms. The van der Waals surface area contributed by atoms with E-state index in [1.54, 1.807) is 0 Å². The molecule has 0 amide bonds. The molecule has 0 aromatic rings. The van der Waals surface area contributed by atoms with E-state index in [-0.39, 0.29) is 0 Å². The van der Waals surface area contributed by atoms with E-state index in [1.165, 1.54) is 38.9 Å². The van der Waals surface area contributed by atoms with Crippen LogP contribution in [0, 0.1) is 11.3 Å². The molecule has 0 radical (unpaired) electrons. The van der Waals surface area contributed by atoms with Gasteiger partial charge in [0.05, 0.1) is 0 Å². The minimum atomic E-state index is 0.347. The van der Waals surface area contributed by atoms with E-state index in [0.717, 1.165) is 38.5 Å². The molecule has 0 aromatic carbocycles. The van der Waals surface area contributed by atoms with Gasteiger partial charge in [0.25, 0.3) is 0 Å². The number of nitrogens with two attached hydrogens (primary N) is 1. The molecule has 0 spiro atoms. The van der Waals surface area contributed by atoms with Crippen LogP contribution in [-0.4, -0.2) is 44.3 Å². The highest BCUT2D eigenvalue weighted by molar-refractivity contribution is 4.88. The van der Waals surface area contributed by atoms with Crippen molar-refractivity contribution in [2.75, 3.05) is 39.4 Å². The van der Waals surface area contributed by atoms with Crippen LogP contribution in [0.25, 0.3) is 0 Å². The van der Waals surface area contributed by atoms with Crippen LogP contribution in [-0.2, 0) is 4.74 Å². The third kappa shape index (κ3) is 3.43. The lowest BCUT2D eigenvalue weighted by Crippen LogP contribution is -2.45. The monoisotopic (exact) mass is 240 g/mol. The smallest absolute Gasteiger partial charge is 0.0472 e. The van der Waals surface area contributed by atoms with Crippen molar-refractivity contribution in [1.29, 1.82) is 0 Å². The number of likely N-dealkylation sites (tertiary alicyclic amines) is 1. The summed E-state index contributed by atoms with van der Waals surface area (Å²) in [6.45, 7) is 8.72. The topological polar surface area (TPSA) is 38.5 Å². The fourth-order valence-electron chi connectivity index (χ4n) is 3.41. The summed E-state index contributed by atoms with van der Waals surface area (Å²) >= 11 is 0. The first-order valence-electron chi connectivity index (χ1n) is 7.28. The zero-order valence-corrected chi connectivity index (χ0v) is 11.3. The summed E-state index contributed by atoms with van der Waals surface area (Å²) in [5, 5.41) is 0. The lowest BCUT2D eigenvalue weighted by atomic mass is 9.80. The molecule has 3 nitrogen and oxygen atoms in total. The van der Waals surface area contributed by atoms with Crippen LogP contribution >= 0.6 is 0 Å². The second-order valence-electron chi connectivity index (χ2n) is 5.99. The molecule has 0 aromatic heterocycles. The highest BCUT2D eigenvalue weighted by Gasteiger charge is 2.35. The Labute approximate surface area is 106 Å². The SMILES string of the molecule is CCCC1CCN(CC2(CN)CCOCC2)C1. The van der Waals surface area contributed by atoms with E-state index in [9.17, 15) is 0 Å². The molecule has 2 heterocycles. The van der Waals surface area contributed by atoms with E-state index in [4.69, 9.17) is 10.5 Å². The van der Waals surface area contributed by atoms with E-state index in [0.29, 0.717) is 5.41 Å². The van der Waals surface area contributed by atoms with Gasteiger partial charge in [-0.05, 0) is 50.1 Å². The Morgan fingerprint density at radius 1 is 1.35 bits per heavy atom. The fraction of sp³-hybridized carbons (Fsp3) is 1.00. The van der Waals surface area contributed by atoms with Gasteiger partial charge in [0, 0.05) is 26.3 Å². The van der Waals surface area contributed by atoms with Crippen LogP contribution in [0.3, 0.4) is 0 Å². The maximum atomic E-state index is 6.03. The first-order valence-corrected chi connectivity index (χ1v) is 7.28. The van der Waals surface area contributed by atoms with Gasteiger partial charge in [-0.25, -0.2) is 0 Å². The standard InChI is InChI=1S/C14H28N2O/c1-2-3-13-4-7-16(10-13)12-14(11-15)5-8-17-9-6-14/h13H,2-12,15H2,1H3. The lowest BCUT2D eigenvalue weighted by molar-refractivity contribution is 0.00283. The summed E-state index contributed by atoms with van der Waals surface area (Å²) < 4.78 is 5.48. The van der Waals surface area contributed by atoms with Crippen LogP contribution in [0.2, 0.25) is 0 Å². The zero-order valence-electron chi connectivity index (χ0n) is 11.3. The van der Waals surface area contributed by atoms with Gasteiger partial charge in [-0.3, -0.25) is 0 Å². The molecule has 0 saturated carbocycles. The molecule has 2 rings (SSSR count). The molecule has 0 aliphatic carbocycles. The predicted octanol–water partition coefficient (Wildman–Crippen LogP) is 1.86. The molecule has 2 saturated heterocycles. The van der Waals surface area contributed by atoms with Crippen LogP contribution in [0.15, 0.2) is 0 Å². The van der Waals surface area contributed by atoms with Gasteiger partial charge < -0.3 is 15.4 Å². The van der Waals surface area contributed by atoms with Gasteiger partial charge in [0.15, 0.2) is 0 Å². The number of hydrogen-bond donors (Lipinski definition) is 1. The first-order chi connectivity index (χ1) is 8.28. The maximum Gasteiger partial charge on any atom is 0.0472 e. The van der Waals surface area contributed by atoms with Crippen molar-refractivity contribution in [3.63, 3.8) is 0 Å². The van der Waals surface area contributed by atoms with E-state index >= 15 is 0 Å². The largest absolute Gasteiger partial charge is 0.381 e. The molecule has 2 N–H and O–H groups in total. The van der Waals surface area contributed by atoms with Gasteiger partial charge >= 0.3 is 0 Å². The van der Waals surface area contributed by atoms with Crippen molar-refractivity contribution in [1.82, 2.24) is 4.90 Å². The van der Waals surface area contributed by atoms with Crippen LogP contribution in [0.1, 0.15) is 39.0 Å². The van der Waals surface area contributed by atoms with Crippen molar-refractivity contribution < 1.29 is 4.74 Å². The number of ether oxygens (including phenoxy) is 1. The third-order valence-corrected chi connectivity index (χ3v) is 4.61. The molecule has 3 heteroatoms. The Bertz CT molecular complexity index is 226. The highest BCUT2D eigenvalue weighted by Crippen LogP contribution is 2.32. The molecular weight excluding hydrogens is 212 g/mol. The molecule has 2 fully saturated rings. The molecule has 1 atom stereocenters. The fourth-order valence-corrected chi connectivity index (χ4v) is 3.41. The molecule has 1 unspecified atom stereocenters. The van der Waals surface area contributed by atoms with Gasteiger partial charge in [0.1, 0.15) is 0 Å². The van der Waals surface area contributed by atoms with Crippen molar-refractivity contribution >= 4 is 0 Å². The second kappa shape index (κ2) is 6.17. The minimum Gasteiger partial charge on any atom is -0.381 e. The normalized spacial score (nSPS) is 29.6.